The van der Waals surface area contributed by atoms with E-state index in [4.69, 9.17) is 5.73 Å². The van der Waals surface area contributed by atoms with Crippen molar-refractivity contribution in [1.29, 1.82) is 10.5 Å². The molecule has 0 unspecified atom stereocenters. The van der Waals surface area contributed by atoms with Crippen molar-refractivity contribution in [1.82, 2.24) is 0 Å². The summed E-state index contributed by atoms with van der Waals surface area (Å²) >= 11 is 0. The van der Waals surface area contributed by atoms with Crippen LogP contribution in [0.3, 0.4) is 0 Å². The molecule has 1 amide bonds. The topological polar surface area (TPSA) is 117 Å². The molecule has 1 heterocycles. The number of nitrogens with zero attached hydrogens (tertiary/aromatic N) is 3. The lowest BCUT2D eigenvalue weighted by Gasteiger charge is -2.32. The summed E-state index contributed by atoms with van der Waals surface area (Å²) in [6, 6.07) is 12.7. The third-order valence-electron chi connectivity index (χ3n) is 4.05. The normalized spacial score (nSPS) is 24.6. The number of benzene rings is 1. The molecule has 0 aliphatic carbocycles. The van der Waals surface area contributed by atoms with Crippen LogP contribution in [0.2, 0.25) is 0 Å². The van der Waals surface area contributed by atoms with Crippen molar-refractivity contribution in [3.05, 3.63) is 52.2 Å². The Bertz CT molecular complexity index is 781. The number of rotatable bonds is 2. The van der Waals surface area contributed by atoms with E-state index < -0.39 is 17.4 Å². The first-order chi connectivity index (χ1) is 10.4. The molecule has 0 radical (unpaired) electrons. The molecule has 0 spiro atoms. The van der Waals surface area contributed by atoms with E-state index in [2.05, 4.69) is 0 Å². The lowest BCUT2D eigenvalue weighted by Crippen LogP contribution is -2.56. The number of hydrogen-bond acceptors (Lipinski definition) is 4. The van der Waals surface area contributed by atoms with E-state index in [1.54, 1.807) is 30.3 Å². The van der Waals surface area contributed by atoms with Gasteiger partial charge in [0.15, 0.2) is 11.8 Å². The number of carbonyl (C=O) groups is 1. The second-order valence-electron chi connectivity index (χ2n) is 5.12. The molecule has 110 valence electrons. The number of hydroxylamine groups is 1. The Morgan fingerprint density at radius 3 is 2.36 bits per heavy atom. The van der Waals surface area contributed by atoms with Gasteiger partial charge in [-0.15, -0.1) is 0 Å². The van der Waals surface area contributed by atoms with E-state index in [0.29, 0.717) is 4.74 Å². The fraction of sp³-hybridized carbons (Fsp3) is 0.250. The molecule has 2 N–H and O–H groups in total. The number of nitrogens with two attached hydrogens (primary N) is 1. The lowest BCUT2D eigenvalue weighted by atomic mass is 9.76. The van der Waals surface area contributed by atoms with Crippen molar-refractivity contribution < 1.29 is 9.53 Å². The Hall–Kier alpha value is -3.12. The van der Waals surface area contributed by atoms with Gasteiger partial charge in [-0.1, -0.05) is 30.3 Å². The number of amides is 1. The van der Waals surface area contributed by atoms with Gasteiger partial charge in [-0.25, -0.2) is 0 Å². The van der Waals surface area contributed by atoms with E-state index in [0.717, 1.165) is 5.56 Å². The molecule has 0 fully saturated rings. The third kappa shape index (κ3) is 1.86. The molecule has 0 saturated heterocycles. The number of nitriles is 2. The van der Waals surface area contributed by atoms with Gasteiger partial charge in [0.05, 0.1) is 11.6 Å². The zero-order valence-electron chi connectivity index (χ0n) is 12.2. The highest BCUT2D eigenvalue weighted by Gasteiger charge is 2.55. The Balaban J connectivity index is 2.81. The molecule has 1 aliphatic heterocycles. The minimum atomic E-state index is -2.17. The van der Waals surface area contributed by atoms with Gasteiger partial charge in [0, 0.05) is 12.5 Å². The predicted molar refractivity (Wildman–Crippen MR) is 79.3 cm³/mol. The van der Waals surface area contributed by atoms with Crippen LogP contribution in [-0.2, 0) is 4.79 Å². The van der Waals surface area contributed by atoms with E-state index in [-0.39, 0.29) is 16.9 Å². The summed E-state index contributed by atoms with van der Waals surface area (Å²) in [4.78, 5) is 11.8. The van der Waals surface area contributed by atoms with Gasteiger partial charge in [0.2, 0.25) is 0 Å². The molecule has 1 aliphatic rings. The summed E-state index contributed by atoms with van der Waals surface area (Å²) in [6.07, 6.45) is 0. The zero-order valence-corrected chi connectivity index (χ0v) is 12.2. The van der Waals surface area contributed by atoms with Gasteiger partial charge in [-0.2, -0.15) is 15.3 Å². The summed E-state index contributed by atoms with van der Waals surface area (Å²) in [7, 11) is 0. The number of hydrogen-bond donors (Lipinski definition) is 1. The molecule has 22 heavy (non-hydrogen) atoms. The SMILES string of the molecule is CC1=C(C#N)[C@H](c2ccccc2)C(C)=[N+]([O-])[C@@]1(C#N)C(N)=O. The average Bonchev–Trinajstić information content (AvgIpc) is 2.52. The summed E-state index contributed by atoms with van der Waals surface area (Å²) in [6.45, 7) is 2.93. The van der Waals surface area contributed by atoms with Gasteiger partial charge in [0.1, 0.15) is 5.92 Å². The highest BCUT2D eigenvalue weighted by atomic mass is 16.5. The predicted octanol–water partition coefficient (Wildman–Crippen LogP) is 1.34. The number of carbonyl (C=O) groups excluding carboxylic acids is 1. The second kappa shape index (κ2) is 5.34. The highest BCUT2D eigenvalue weighted by Crippen LogP contribution is 2.37. The molecule has 0 aromatic heterocycles. The van der Waals surface area contributed by atoms with Crippen LogP contribution < -0.4 is 5.73 Å². The maximum atomic E-state index is 12.6. The van der Waals surface area contributed by atoms with Crippen LogP contribution in [0.15, 0.2) is 41.5 Å². The van der Waals surface area contributed by atoms with E-state index >= 15 is 0 Å². The maximum absolute atomic E-state index is 12.6. The van der Waals surface area contributed by atoms with Crippen molar-refractivity contribution in [3.8, 4) is 12.1 Å². The second-order valence-corrected chi connectivity index (χ2v) is 5.12. The van der Waals surface area contributed by atoms with Crippen LogP contribution in [0, 0.1) is 27.9 Å². The van der Waals surface area contributed by atoms with Crippen LogP contribution in [0.25, 0.3) is 0 Å². The molecule has 6 heteroatoms. The van der Waals surface area contributed by atoms with Crippen LogP contribution in [0.5, 0.6) is 0 Å². The van der Waals surface area contributed by atoms with E-state index in [1.807, 2.05) is 12.1 Å². The summed E-state index contributed by atoms with van der Waals surface area (Å²) in [5, 5.41) is 31.5. The summed E-state index contributed by atoms with van der Waals surface area (Å²) in [5.41, 5.74) is 4.35. The molecule has 6 nitrogen and oxygen atoms in total. The van der Waals surface area contributed by atoms with Crippen molar-refractivity contribution in [2.75, 3.05) is 0 Å². The van der Waals surface area contributed by atoms with Crippen LogP contribution >= 0.6 is 0 Å². The highest BCUT2D eigenvalue weighted by molar-refractivity contribution is 5.97. The summed E-state index contributed by atoms with van der Waals surface area (Å²) in [5.74, 6) is -1.68. The number of primary amides is 1. The Kier molecular flexibility index (Phi) is 3.71. The van der Waals surface area contributed by atoms with Crippen molar-refractivity contribution >= 4 is 11.6 Å². The fourth-order valence-corrected chi connectivity index (χ4v) is 2.83. The lowest BCUT2D eigenvalue weighted by molar-refractivity contribution is -0.507. The largest absolute Gasteiger partial charge is 0.622 e. The molecular formula is C16H14N4O2. The van der Waals surface area contributed by atoms with Crippen LogP contribution in [0.4, 0.5) is 0 Å². The molecule has 1 aromatic carbocycles. The van der Waals surface area contributed by atoms with Gasteiger partial charge in [0.25, 0.3) is 0 Å². The third-order valence-corrected chi connectivity index (χ3v) is 4.05. The Labute approximate surface area is 128 Å². The van der Waals surface area contributed by atoms with Crippen LogP contribution in [-0.4, -0.2) is 21.9 Å². The Morgan fingerprint density at radius 1 is 1.32 bits per heavy atom. The smallest absolute Gasteiger partial charge is 0.358 e. The molecular weight excluding hydrogens is 280 g/mol. The molecule has 0 bridgehead atoms. The first-order valence-electron chi connectivity index (χ1n) is 6.60. The Morgan fingerprint density at radius 2 is 1.91 bits per heavy atom. The molecule has 2 rings (SSSR count). The molecule has 2 atom stereocenters. The molecule has 0 saturated carbocycles. The summed E-state index contributed by atoms with van der Waals surface area (Å²) < 4.78 is 0.336. The minimum Gasteiger partial charge on any atom is -0.622 e. The minimum absolute atomic E-state index is 0.0828. The first kappa shape index (κ1) is 15.3. The standard InChI is InChI=1S/C16H14N4O2/c1-10-13(8-17)14(12-6-4-3-5-7-12)11(2)20(22)16(10,9-18)15(19)21/h3-7,14H,1-2H3,(H2,19,21)/t14-,16+/m0/s1. The zero-order chi connectivity index (χ0) is 16.5. The van der Waals surface area contributed by atoms with E-state index in [1.165, 1.54) is 13.8 Å². The van der Waals surface area contributed by atoms with Gasteiger partial charge < -0.3 is 10.9 Å². The monoisotopic (exact) mass is 294 g/mol. The maximum Gasteiger partial charge on any atom is 0.358 e. The first-order valence-corrected chi connectivity index (χ1v) is 6.60. The average molecular weight is 294 g/mol. The van der Waals surface area contributed by atoms with Crippen molar-refractivity contribution in [2.24, 2.45) is 5.73 Å². The van der Waals surface area contributed by atoms with Gasteiger partial charge in [-0.05, 0) is 12.5 Å². The molecule has 1 aromatic rings. The van der Waals surface area contributed by atoms with E-state index in [9.17, 15) is 20.5 Å². The quantitative estimate of drug-likeness (QED) is 0.654. The van der Waals surface area contributed by atoms with Gasteiger partial charge in [-0.3, -0.25) is 4.79 Å². The van der Waals surface area contributed by atoms with Crippen molar-refractivity contribution in [3.63, 3.8) is 0 Å². The fourth-order valence-electron chi connectivity index (χ4n) is 2.83. The van der Waals surface area contributed by atoms with Gasteiger partial charge >= 0.3 is 11.4 Å². The number of allylic oxidation sites excluding steroid dienone is 1. The van der Waals surface area contributed by atoms with Crippen molar-refractivity contribution in [2.45, 2.75) is 25.3 Å². The van der Waals surface area contributed by atoms with Crippen LogP contribution in [0.1, 0.15) is 25.3 Å².